The standard InChI is InChI=1S/C15H19FN2/c1-18(11-12-6-8-14(16)9-7-12)15-5-3-2-4-13(15)10-17/h6-9,13,15H,2-5,11H2,1H3. The predicted molar refractivity (Wildman–Crippen MR) is 69.2 cm³/mol. The second-order valence-corrected chi connectivity index (χ2v) is 5.13. The Morgan fingerprint density at radius 3 is 2.61 bits per heavy atom. The molecule has 1 aliphatic carbocycles. The summed E-state index contributed by atoms with van der Waals surface area (Å²) in [6, 6.07) is 9.38. The molecule has 2 rings (SSSR count). The highest BCUT2D eigenvalue weighted by molar-refractivity contribution is 5.16. The summed E-state index contributed by atoms with van der Waals surface area (Å²) in [5.74, 6) is -0.0573. The third kappa shape index (κ3) is 3.08. The van der Waals surface area contributed by atoms with Crippen molar-refractivity contribution in [1.29, 1.82) is 5.26 Å². The molecule has 0 aromatic heterocycles. The van der Waals surface area contributed by atoms with Crippen molar-refractivity contribution in [2.45, 2.75) is 38.3 Å². The van der Waals surface area contributed by atoms with Gasteiger partial charge in [-0.15, -0.1) is 0 Å². The van der Waals surface area contributed by atoms with Crippen molar-refractivity contribution in [1.82, 2.24) is 4.90 Å². The van der Waals surface area contributed by atoms with Gasteiger partial charge in [-0.2, -0.15) is 5.26 Å². The van der Waals surface area contributed by atoms with Crippen LogP contribution >= 0.6 is 0 Å². The van der Waals surface area contributed by atoms with Crippen molar-refractivity contribution >= 4 is 0 Å². The second kappa shape index (κ2) is 5.97. The first-order valence-corrected chi connectivity index (χ1v) is 6.55. The van der Waals surface area contributed by atoms with Crippen LogP contribution in [0.15, 0.2) is 24.3 Å². The summed E-state index contributed by atoms with van der Waals surface area (Å²) in [5.41, 5.74) is 1.10. The van der Waals surface area contributed by atoms with E-state index in [1.54, 1.807) is 0 Å². The topological polar surface area (TPSA) is 27.0 Å². The maximum absolute atomic E-state index is 12.8. The molecule has 2 unspecified atom stereocenters. The van der Waals surface area contributed by atoms with Gasteiger partial charge in [0.15, 0.2) is 0 Å². The van der Waals surface area contributed by atoms with Gasteiger partial charge in [-0.1, -0.05) is 25.0 Å². The highest BCUT2D eigenvalue weighted by atomic mass is 19.1. The van der Waals surface area contributed by atoms with E-state index in [1.165, 1.54) is 25.0 Å². The van der Waals surface area contributed by atoms with Crippen LogP contribution in [0, 0.1) is 23.1 Å². The van der Waals surface area contributed by atoms with Crippen molar-refractivity contribution in [3.8, 4) is 6.07 Å². The summed E-state index contributed by atoms with van der Waals surface area (Å²) in [5, 5.41) is 9.19. The van der Waals surface area contributed by atoms with Gasteiger partial charge in [0.1, 0.15) is 5.82 Å². The molecule has 2 nitrogen and oxygen atoms in total. The molecule has 0 N–H and O–H groups in total. The molecule has 0 aliphatic heterocycles. The summed E-state index contributed by atoms with van der Waals surface area (Å²) in [6.07, 6.45) is 4.47. The fourth-order valence-electron chi connectivity index (χ4n) is 2.78. The van der Waals surface area contributed by atoms with E-state index in [2.05, 4.69) is 18.0 Å². The van der Waals surface area contributed by atoms with Crippen LogP contribution in [0.2, 0.25) is 0 Å². The number of nitriles is 1. The fraction of sp³-hybridized carbons (Fsp3) is 0.533. The zero-order valence-electron chi connectivity index (χ0n) is 10.8. The maximum Gasteiger partial charge on any atom is 0.123 e. The molecule has 0 bridgehead atoms. The van der Waals surface area contributed by atoms with Gasteiger partial charge in [-0.25, -0.2) is 4.39 Å². The first-order chi connectivity index (χ1) is 8.70. The van der Waals surface area contributed by atoms with Gasteiger partial charge in [0.05, 0.1) is 12.0 Å². The Labute approximate surface area is 108 Å². The first kappa shape index (κ1) is 13.0. The van der Waals surface area contributed by atoms with E-state index in [0.717, 1.165) is 24.9 Å². The molecule has 96 valence electrons. The number of benzene rings is 1. The van der Waals surface area contributed by atoms with E-state index in [0.29, 0.717) is 6.04 Å². The molecule has 0 saturated heterocycles. The van der Waals surface area contributed by atoms with E-state index >= 15 is 0 Å². The van der Waals surface area contributed by atoms with Crippen LogP contribution in [0.4, 0.5) is 4.39 Å². The molecular formula is C15H19FN2. The maximum atomic E-state index is 12.8. The van der Waals surface area contributed by atoms with Gasteiger partial charge in [-0.3, -0.25) is 4.90 Å². The monoisotopic (exact) mass is 246 g/mol. The highest BCUT2D eigenvalue weighted by Gasteiger charge is 2.27. The van der Waals surface area contributed by atoms with Gasteiger partial charge in [0, 0.05) is 12.6 Å². The third-order valence-corrected chi connectivity index (χ3v) is 3.81. The van der Waals surface area contributed by atoms with Crippen molar-refractivity contribution in [2.24, 2.45) is 5.92 Å². The molecule has 1 aromatic carbocycles. The van der Waals surface area contributed by atoms with Crippen molar-refractivity contribution in [3.63, 3.8) is 0 Å². The van der Waals surface area contributed by atoms with E-state index in [1.807, 2.05) is 12.1 Å². The zero-order valence-corrected chi connectivity index (χ0v) is 10.8. The lowest BCUT2D eigenvalue weighted by molar-refractivity contribution is 0.150. The smallest absolute Gasteiger partial charge is 0.123 e. The first-order valence-electron chi connectivity index (χ1n) is 6.55. The van der Waals surface area contributed by atoms with Gasteiger partial charge in [0.2, 0.25) is 0 Å². The molecule has 1 saturated carbocycles. The molecule has 3 heteroatoms. The van der Waals surface area contributed by atoms with Gasteiger partial charge in [0.25, 0.3) is 0 Å². The zero-order chi connectivity index (χ0) is 13.0. The van der Waals surface area contributed by atoms with Crippen LogP contribution in [0.5, 0.6) is 0 Å². The number of hydrogen-bond donors (Lipinski definition) is 0. The number of halogens is 1. The van der Waals surface area contributed by atoms with Crippen molar-refractivity contribution in [3.05, 3.63) is 35.6 Å². The molecule has 1 aromatic rings. The second-order valence-electron chi connectivity index (χ2n) is 5.13. The largest absolute Gasteiger partial charge is 0.298 e. The molecule has 18 heavy (non-hydrogen) atoms. The van der Waals surface area contributed by atoms with Crippen LogP contribution in [-0.2, 0) is 6.54 Å². The summed E-state index contributed by atoms with van der Waals surface area (Å²) >= 11 is 0. The van der Waals surface area contributed by atoms with Gasteiger partial charge < -0.3 is 0 Å². The Kier molecular flexibility index (Phi) is 4.33. The van der Waals surface area contributed by atoms with Crippen LogP contribution < -0.4 is 0 Å². The molecule has 1 fully saturated rings. The fourth-order valence-corrected chi connectivity index (χ4v) is 2.78. The minimum absolute atomic E-state index is 0.143. The summed E-state index contributed by atoms with van der Waals surface area (Å²) in [6.45, 7) is 0.781. The minimum atomic E-state index is -0.200. The van der Waals surface area contributed by atoms with Crippen LogP contribution in [0.1, 0.15) is 31.2 Å². The predicted octanol–water partition coefficient (Wildman–Crippen LogP) is 3.34. The van der Waals surface area contributed by atoms with Crippen LogP contribution in [0.25, 0.3) is 0 Å². The van der Waals surface area contributed by atoms with Gasteiger partial charge in [-0.05, 0) is 37.6 Å². The van der Waals surface area contributed by atoms with E-state index in [-0.39, 0.29) is 11.7 Å². The minimum Gasteiger partial charge on any atom is -0.298 e. The Morgan fingerprint density at radius 1 is 1.28 bits per heavy atom. The van der Waals surface area contributed by atoms with Crippen molar-refractivity contribution < 1.29 is 4.39 Å². The molecule has 0 amide bonds. The van der Waals surface area contributed by atoms with Gasteiger partial charge >= 0.3 is 0 Å². The summed E-state index contributed by atoms with van der Waals surface area (Å²) in [4.78, 5) is 2.24. The summed E-state index contributed by atoms with van der Waals surface area (Å²) in [7, 11) is 2.06. The highest BCUT2D eigenvalue weighted by Crippen LogP contribution is 2.28. The lowest BCUT2D eigenvalue weighted by Gasteiger charge is -2.34. The summed E-state index contributed by atoms with van der Waals surface area (Å²) < 4.78 is 12.8. The normalized spacial score (nSPS) is 23.9. The lowest BCUT2D eigenvalue weighted by Crippen LogP contribution is -2.39. The average molecular weight is 246 g/mol. The molecule has 0 spiro atoms. The van der Waals surface area contributed by atoms with Crippen LogP contribution in [0.3, 0.4) is 0 Å². The quantitative estimate of drug-likeness (QED) is 0.818. The molecule has 2 atom stereocenters. The number of rotatable bonds is 3. The Bertz CT molecular complexity index is 421. The SMILES string of the molecule is CN(Cc1ccc(F)cc1)C1CCCCC1C#N. The van der Waals surface area contributed by atoms with E-state index in [9.17, 15) is 9.65 Å². The van der Waals surface area contributed by atoms with Crippen LogP contribution in [-0.4, -0.2) is 18.0 Å². The average Bonchev–Trinajstić information content (AvgIpc) is 2.41. The molecule has 0 radical (unpaired) electrons. The third-order valence-electron chi connectivity index (χ3n) is 3.81. The van der Waals surface area contributed by atoms with E-state index < -0.39 is 0 Å². The van der Waals surface area contributed by atoms with E-state index in [4.69, 9.17) is 0 Å². The lowest BCUT2D eigenvalue weighted by atomic mass is 9.84. The Balaban J connectivity index is 2.00. The number of hydrogen-bond acceptors (Lipinski definition) is 2. The Hall–Kier alpha value is -1.40. The van der Waals surface area contributed by atoms with Crippen molar-refractivity contribution in [2.75, 3.05) is 7.05 Å². The Morgan fingerprint density at radius 2 is 1.94 bits per heavy atom. The molecule has 0 heterocycles. The number of nitrogens with zero attached hydrogens (tertiary/aromatic N) is 2. The molecule has 1 aliphatic rings. The molecular weight excluding hydrogens is 227 g/mol.